The summed E-state index contributed by atoms with van der Waals surface area (Å²) in [7, 11) is -2.14. The maximum atomic E-state index is 12.8. The molecule has 1 aliphatic heterocycles. The maximum Gasteiger partial charge on any atom is 0.242 e. The minimum absolute atomic E-state index is 0.136. The van der Waals surface area contributed by atoms with Gasteiger partial charge in [-0.05, 0) is 29.8 Å². The summed E-state index contributed by atoms with van der Waals surface area (Å²) in [4.78, 5) is 11.2. The van der Waals surface area contributed by atoms with Gasteiger partial charge in [0.25, 0.3) is 0 Å². The highest BCUT2D eigenvalue weighted by molar-refractivity contribution is 7.89. The highest BCUT2D eigenvalue weighted by Gasteiger charge is 2.28. The van der Waals surface area contributed by atoms with Crippen LogP contribution in [0.3, 0.4) is 0 Å². The van der Waals surface area contributed by atoms with E-state index >= 15 is 0 Å². The lowest BCUT2D eigenvalue weighted by Crippen LogP contribution is -2.41. The van der Waals surface area contributed by atoms with Crippen LogP contribution in [-0.2, 0) is 21.4 Å². The molecule has 0 radical (unpaired) electrons. The van der Waals surface area contributed by atoms with Gasteiger partial charge in [-0.1, -0.05) is 24.3 Å². The topological polar surface area (TPSA) is 84.9 Å². The SMILES string of the molecule is CC(=O)NCc1ccc(S(=O)(=O)N(C)CC2COc3ccccc3O2)cc1. The third-order valence-corrected chi connectivity index (χ3v) is 6.04. The van der Waals surface area contributed by atoms with Gasteiger partial charge < -0.3 is 14.8 Å². The standard InChI is InChI=1S/C19H22N2O5S/c1-14(22)20-11-15-7-9-17(10-8-15)27(23,24)21(2)12-16-13-25-18-5-3-4-6-19(18)26-16/h3-10,16H,11-13H2,1-2H3,(H,20,22). The molecule has 0 aliphatic carbocycles. The summed E-state index contributed by atoms with van der Waals surface area (Å²) in [6, 6.07) is 13.8. The molecule has 0 saturated carbocycles. The maximum absolute atomic E-state index is 12.8. The Morgan fingerprint density at radius 1 is 1.15 bits per heavy atom. The second kappa shape index (κ2) is 7.98. The normalized spacial score (nSPS) is 16.2. The third kappa shape index (κ3) is 4.58. The van der Waals surface area contributed by atoms with Crippen molar-refractivity contribution >= 4 is 15.9 Å². The predicted octanol–water partition coefficient (Wildman–Crippen LogP) is 1.78. The minimum Gasteiger partial charge on any atom is -0.486 e. The van der Waals surface area contributed by atoms with Gasteiger partial charge in [0.15, 0.2) is 11.5 Å². The Morgan fingerprint density at radius 3 is 2.48 bits per heavy atom. The molecule has 0 aromatic heterocycles. The Hall–Kier alpha value is -2.58. The van der Waals surface area contributed by atoms with Gasteiger partial charge in [0.2, 0.25) is 15.9 Å². The molecular weight excluding hydrogens is 368 g/mol. The van der Waals surface area contributed by atoms with Crippen molar-refractivity contribution in [1.82, 2.24) is 9.62 Å². The fourth-order valence-electron chi connectivity index (χ4n) is 2.72. The number of carbonyl (C=O) groups excluding carboxylic acids is 1. The van der Waals surface area contributed by atoms with Gasteiger partial charge in [0.05, 0.1) is 11.4 Å². The molecule has 2 aromatic carbocycles. The number of nitrogens with zero attached hydrogens (tertiary/aromatic N) is 1. The molecule has 2 aromatic rings. The summed E-state index contributed by atoms with van der Waals surface area (Å²) in [6.45, 7) is 2.25. The van der Waals surface area contributed by atoms with Crippen LogP contribution in [0, 0.1) is 0 Å². The highest BCUT2D eigenvalue weighted by Crippen LogP contribution is 2.31. The molecule has 1 heterocycles. The number of benzene rings is 2. The van der Waals surface area contributed by atoms with Gasteiger partial charge in [0.1, 0.15) is 12.7 Å². The molecule has 1 atom stereocenters. The van der Waals surface area contributed by atoms with E-state index in [9.17, 15) is 13.2 Å². The molecule has 1 N–H and O–H groups in total. The average Bonchev–Trinajstić information content (AvgIpc) is 2.66. The summed E-state index contributed by atoms with van der Waals surface area (Å²) < 4.78 is 38.3. The molecular formula is C19H22N2O5S. The Bertz CT molecular complexity index is 912. The number of likely N-dealkylation sites (N-methyl/N-ethyl adjacent to an activating group) is 1. The van der Waals surface area contributed by atoms with Crippen molar-refractivity contribution in [1.29, 1.82) is 0 Å². The molecule has 8 heteroatoms. The van der Waals surface area contributed by atoms with E-state index in [-0.39, 0.29) is 24.0 Å². The molecule has 7 nitrogen and oxygen atoms in total. The summed E-state index contributed by atoms with van der Waals surface area (Å²) in [5, 5.41) is 2.68. The number of ether oxygens (including phenoxy) is 2. The van der Waals surface area contributed by atoms with Gasteiger partial charge in [-0.15, -0.1) is 0 Å². The van der Waals surface area contributed by atoms with Gasteiger partial charge >= 0.3 is 0 Å². The summed E-state index contributed by atoms with van der Waals surface area (Å²) in [6.07, 6.45) is -0.390. The van der Waals surface area contributed by atoms with Gasteiger partial charge in [0, 0.05) is 20.5 Å². The minimum atomic E-state index is -3.65. The van der Waals surface area contributed by atoms with E-state index in [0.717, 1.165) is 5.56 Å². The molecule has 1 unspecified atom stereocenters. The van der Waals surface area contributed by atoms with Crippen LogP contribution in [0.1, 0.15) is 12.5 Å². The number of amides is 1. The average molecular weight is 390 g/mol. The van der Waals surface area contributed by atoms with Crippen LogP contribution >= 0.6 is 0 Å². The zero-order valence-electron chi connectivity index (χ0n) is 15.2. The van der Waals surface area contributed by atoms with Gasteiger partial charge in [-0.3, -0.25) is 4.79 Å². The van der Waals surface area contributed by atoms with Crippen LogP contribution in [0.15, 0.2) is 53.4 Å². The van der Waals surface area contributed by atoms with Gasteiger partial charge in [-0.25, -0.2) is 8.42 Å². The van der Waals surface area contributed by atoms with Gasteiger partial charge in [-0.2, -0.15) is 4.31 Å². The first-order valence-corrected chi connectivity index (χ1v) is 9.98. The van der Waals surface area contributed by atoms with E-state index in [1.807, 2.05) is 18.2 Å². The summed E-state index contributed by atoms with van der Waals surface area (Å²) in [5.74, 6) is 1.14. The van der Waals surface area contributed by atoms with Crippen molar-refractivity contribution in [3.05, 3.63) is 54.1 Å². The molecule has 144 valence electrons. The van der Waals surface area contributed by atoms with Crippen molar-refractivity contribution in [2.75, 3.05) is 20.2 Å². The Balaban J connectivity index is 1.65. The molecule has 0 spiro atoms. The van der Waals surface area contributed by atoms with Crippen LogP contribution in [-0.4, -0.2) is 44.9 Å². The number of carbonyl (C=O) groups is 1. The predicted molar refractivity (Wildman–Crippen MR) is 100 cm³/mol. The molecule has 0 fully saturated rings. The van der Waals surface area contributed by atoms with Crippen molar-refractivity contribution in [3.63, 3.8) is 0 Å². The van der Waals surface area contributed by atoms with Crippen LogP contribution in [0.25, 0.3) is 0 Å². The van der Waals surface area contributed by atoms with E-state index in [2.05, 4.69) is 5.32 Å². The Morgan fingerprint density at radius 2 is 1.81 bits per heavy atom. The van der Waals surface area contributed by atoms with E-state index < -0.39 is 16.1 Å². The van der Waals surface area contributed by atoms with Crippen LogP contribution < -0.4 is 14.8 Å². The number of rotatable bonds is 6. The Labute approximate surface area is 158 Å². The Kier molecular flexibility index (Phi) is 5.67. The molecule has 3 rings (SSSR count). The van der Waals surface area contributed by atoms with E-state index in [1.165, 1.54) is 30.4 Å². The van der Waals surface area contributed by atoms with Crippen LogP contribution in [0.5, 0.6) is 11.5 Å². The molecule has 1 aliphatic rings. The quantitative estimate of drug-likeness (QED) is 0.813. The van der Waals surface area contributed by atoms with Crippen molar-refractivity contribution in [2.24, 2.45) is 0 Å². The highest BCUT2D eigenvalue weighted by atomic mass is 32.2. The number of sulfonamides is 1. The van der Waals surface area contributed by atoms with Crippen molar-refractivity contribution < 1.29 is 22.7 Å². The lowest BCUT2D eigenvalue weighted by molar-refractivity contribution is -0.119. The molecule has 0 bridgehead atoms. The largest absolute Gasteiger partial charge is 0.486 e. The zero-order chi connectivity index (χ0) is 19.4. The van der Waals surface area contributed by atoms with E-state index in [1.54, 1.807) is 18.2 Å². The molecule has 27 heavy (non-hydrogen) atoms. The summed E-state index contributed by atoms with van der Waals surface area (Å²) in [5.41, 5.74) is 0.826. The number of hydrogen-bond donors (Lipinski definition) is 1. The molecule has 1 amide bonds. The fraction of sp³-hybridized carbons (Fsp3) is 0.316. The van der Waals surface area contributed by atoms with Crippen molar-refractivity contribution in [2.45, 2.75) is 24.5 Å². The number of fused-ring (bicyclic) bond motifs is 1. The van der Waals surface area contributed by atoms with E-state index in [4.69, 9.17) is 9.47 Å². The summed E-state index contributed by atoms with van der Waals surface area (Å²) >= 11 is 0. The first-order chi connectivity index (χ1) is 12.9. The first kappa shape index (κ1) is 19.2. The lowest BCUT2D eigenvalue weighted by Gasteiger charge is -2.29. The van der Waals surface area contributed by atoms with Crippen LogP contribution in [0.2, 0.25) is 0 Å². The van der Waals surface area contributed by atoms with Crippen molar-refractivity contribution in [3.8, 4) is 11.5 Å². The number of nitrogens with one attached hydrogen (secondary N) is 1. The zero-order valence-corrected chi connectivity index (χ0v) is 16.0. The second-order valence-electron chi connectivity index (χ2n) is 6.34. The molecule has 0 saturated heterocycles. The smallest absolute Gasteiger partial charge is 0.242 e. The lowest BCUT2D eigenvalue weighted by atomic mass is 10.2. The third-order valence-electron chi connectivity index (χ3n) is 4.20. The fourth-order valence-corrected chi connectivity index (χ4v) is 3.93. The second-order valence-corrected chi connectivity index (χ2v) is 8.38. The van der Waals surface area contributed by atoms with Crippen LogP contribution in [0.4, 0.5) is 0 Å². The van der Waals surface area contributed by atoms with E-state index in [0.29, 0.717) is 18.0 Å². The first-order valence-electron chi connectivity index (χ1n) is 8.54. The number of para-hydroxylation sites is 2. The number of hydrogen-bond acceptors (Lipinski definition) is 5. The monoisotopic (exact) mass is 390 g/mol.